The molecule has 0 atom stereocenters. The Hall–Kier alpha value is -1.40. The predicted octanol–water partition coefficient (Wildman–Crippen LogP) is 1.48. The molecule has 3 heteroatoms. The maximum atomic E-state index is 9.45. The molecule has 1 aromatic rings. The highest BCUT2D eigenvalue weighted by molar-refractivity contribution is 5.32. The average molecular weight is 202 g/mol. The molecule has 0 unspecified atom stereocenters. The Morgan fingerprint density at radius 1 is 1.40 bits per heavy atom. The van der Waals surface area contributed by atoms with Crippen LogP contribution in [0.2, 0.25) is 0 Å². The van der Waals surface area contributed by atoms with Gasteiger partial charge in [-0.25, -0.2) is 9.97 Å². The van der Waals surface area contributed by atoms with E-state index in [1.807, 2.05) is 6.07 Å². The molecule has 0 saturated heterocycles. The van der Waals surface area contributed by atoms with Gasteiger partial charge in [-0.1, -0.05) is 5.92 Å². The minimum Gasteiger partial charge on any atom is -0.378 e. The summed E-state index contributed by atoms with van der Waals surface area (Å²) >= 11 is 0. The third-order valence-corrected chi connectivity index (χ3v) is 2.18. The Bertz CT molecular complexity index is 419. The first-order chi connectivity index (χ1) is 7.04. The molecule has 15 heavy (non-hydrogen) atoms. The number of hydrogen-bond acceptors (Lipinski definition) is 3. The second-order valence-corrected chi connectivity index (χ2v) is 4.41. The van der Waals surface area contributed by atoms with Gasteiger partial charge in [0.1, 0.15) is 17.6 Å². The van der Waals surface area contributed by atoms with Gasteiger partial charge in [0.05, 0.1) is 0 Å². The Morgan fingerprint density at radius 2 is 2.13 bits per heavy atom. The zero-order valence-corrected chi connectivity index (χ0v) is 8.99. The minimum atomic E-state index is -0.968. The van der Waals surface area contributed by atoms with Crippen molar-refractivity contribution in [3.63, 3.8) is 0 Å². The van der Waals surface area contributed by atoms with E-state index >= 15 is 0 Å². The number of rotatable bonds is 1. The molecule has 3 nitrogen and oxygen atoms in total. The SMILES string of the molecule is CC(C)(O)C#Cc1cc(C2CC2)ncn1. The van der Waals surface area contributed by atoms with Gasteiger partial charge < -0.3 is 5.11 Å². The van der Waals surface area contributed by atoms with E-state index in [-0.39, 0.29) is 0 Å². The number of hydrogen-bond donors (Lipinski definition) is 1. The van der Waals surface area contributed by atoms with Crippen LogP contribution in [-0.2, 0) is 0 Å². The van der Waals surface area contributed by atoms with E-state index < -0.39 is 5.60 Å². The van der Waals surface area contributed by atoms with Gasteiger partial charge in [-0.3, -0.25) is 0 Å². The summed E-state index contributed by atoms with van der Waals surface area (Å²) in [5.74, 6) is 6.20. The molecule has 1 aliphatic carbocycles. The van der Waals surface area contributed by atoms with E-state index in [0.29, 0.717) is 11.6 Å². The minimum absolute atomic E-state index is 0.607. The zero-order chi connectivity index (χ0) is 10.9. The van der Waals surface area contributed by atoms with Crippen molar-refractivity contribution in [1.82, 2.24) is 9.97 Å². The van der Waals surface area contributed by atoms with Gasteiger partial charge >= 0.3 is 0 Å². The smallest absolute Gasteiger partial charge is 0.120 e. The van der Waals surface area contributed by atoms with Crippen LogP contribution >= 0.6 is 0 Å². The lowest BCUT2D eigenvalue weighted by atomic mass is 10.1. The van der Waals surface area contributed by atoms with Gasteiger partial charge in [0.25, 0.3) is 0 Å². The third-order valence-electron chi connectivity index (χ3n) is 2.18. The van der Waals surface area contributed by atoms with Crippen molar-refractivity contribution in [3.8, 4) is 11.8 Å². The van der Waals surface area contributed by atoms with Gasteiger partial charge in [0.15, 0.2) is 0 Å². The van der Waals surface area contributed by atoms with Crippen molar-refractivity contribution in [2.45, 2.75) is 38.2 Å². The normalized spacial score (nSPS) is 15.7. The van der Waals surface area contributed by atoms with Crippen LogP contribution in [0.1, 0.15) is 44.0 Å². The van der Waals surface area contributed by atoms with Crippen molar-refractivity contribution < 1.29 is 5.11 Å². The van der Waals surface area contributed by atoms with Crippen LogP contribution in [0.25, 0.3) is 0 Å². The number of aliphatic hydroxyl groups is 1. The molecule has 1 fully saturated rings. The van der Waals surface area contributed by atoms with Crippen LogP contribution < -0.4 is 0 Å². The number of nitrogens with zero attached hydrogens (tertiary/aromatic N) is 2. The molecule has 0 aliphatic heterocycles. The van der Waals surface area contributed by atoms with Crippen molar-refractivity contribution >= 4 is 0 Å². The second-order valence-electron chi connectivity index (χ2n) is 4.41. The van der Waals surface area contributed by atoms with Gasteiger partial charge in [-0.05, 0) is 38.7 Å². The standard InChI is InChI=1S/C12H14N2O/c1-12(2,15)6-5-10-7-11(9-3-4-9)14-8-13-10/h7-9,15H,3-4H2,1-2H3. The third kappa shape index (κ3) is 3.03. The van der Waals surface area contributed by atoms with Gasteiger partial charge in [-0.2, -0.15) is 0 Å². The highest BCUT2D eigenvalue weighted by atomic mass is 16.3. The molecule has 78 valence electrons. The molecule has 1 saturated carbocycles. The second kappa shape index (κ2) is 3.63. The summed E-state index contributed by atoms with van der Waals surface area (Å²) in [4.78, 5) is 8.26. The van der Waals surface area contributed by atoms with Crippen molar-refractivity contribution in [2.24, 2.45) is 0 Å². The lowest BCUT2D eigenvalue weighted by Crippen LogP contribution is -2.14. The van der Waals surface area contributed by atoms with Crippen LogP contribution in [-0.4, -0.2) is 20.7 Å². The van der Waals surface area contributed by atoms with E-state index in [1.54, 1.807) is 20.2 Å². The maximum absolute atomic E-state index is 9.45. The molecule has 0 amide bonds. The Morgan fingerprint density at radius 3 is 2.73 bits per heavy atom. The number of aromatic nitrogens is 2. The summed E-state index contributed by atoms with van der Waals surface area (Å²) in [6, 6.07) is 1.91. The molecule has 1 aliphatic rings. The first kappa shape index (κ1) is 10.1. The quantitative estimate of drug-likeness (QED) is 0.701. The fraction of sp³-hybridized carbons (Fsp3) is 0.500. The molecule has 0 aromatic carbocycles. The average Bonchev–Trinajstić information content (AvgIpc) is 2.97. The van der Waals surface area contributed by atoms with Crippen LogP contribution in [0, 0.1) is 11.8 Å². The Kier molecular flexibility index (Phi) is 2.45. The van der Waals surface area contributed by atoms with Crippen molar-refractivity contribution in [2.75, 3.05) is 0 Å². The Labute approximate surface area is 89.6 Å². The lowest BCUT2D eigenvalue weighted by Gasteiger charge is -2.05. The predicted molar refractivity (Wildman–Crippen MR) is 57.2 cm³/mol. The fourth-order valence-electron chi connectivity index (χ4n) is 1.26. The molecule has 2 rings (SSSR count). The summed E-state index contributed by atoms with van der Waals surface area (Å²) in [7, 11) is 0. The molecule has 0 bridgehead atoms. The molecule has 0 radical (unpaired) electrons. The van der Waals surface area contributed by atoms with Gasteiger partial charge in [-0.15, -0.1) is 0 Å². The molecule has 0 spiro atoms. The summed E-state index contributed by atoms with van der Waals surface area (Å²) in [6.07, 6.45) is 3.98. The van der Waals surface area contributed by atoms with Crippen LogP contribution in [0.4, 0.5) is 0 Å². The first-order valence-electron chi connectivity index (χ1n) is 5.12. The molecule has 1 heterocycles. The molecule has 1 aromatic heterocycles. The zero-order valence-electron chi connectivity index (χ0n) is 8.99. The van der Waals surface area contributed by atoms with E-state index in [4.69, 9.17) is 0 Å². The monoisotopic (exact) mass is 202 g/mol. The molecule has 1 N–H and O–H groups in total. The van der Waals surface area contributed by atoms with Crippen molar-refractivity contribution in [3.05, 3.63) is 23.8 Å². The largest absolute Gasteiger partial charge is 0.378 e. The molecular weight excluding hydrogens is 188 g/mol. The first-order valence-corrected chi connectivity index (χ1v) is 5.12. The highest BCUT2D eigenvalue weighted by Crippen LogP contribution is 2.38. The van der Waals surface area contributed by atoms with E-state index in [2.05, 4.69) is 21.8 Å². The maximum Gasteiger partial charge on any atom is 0.120 e. The van der Waals surface area contributed by atoms with E-state index in [9.17, 15) is 5.11 Å². The Balaban J connectivity index is 2.20. The fourth-order valence-corrected chi connectivity index (χ4v) is 1.26. The lowest BCUT2D eigenvalue weighted by molar-refractivity contribution is 0.143. The van der Waals surface area contributed by atoms with Crippen molar-refractivity contribution in [1.29, 1.82) is 0 Å². The summed E-state index contributed by atoms with van der Waals surface area (Å²) in [6.45, 7) is 3.31. The van der Waals surface area contributed by atoms with Crippen LogP contribution in [0.5, 0.6) is 0 Å². The highest BCUT2D eigenvalue weighted by Gasteiger charge is 2.24. The topological polar surface area (TPSA) is 46.0 Å². The van der Waals surface area contributed by atoms with E-state index in [0.717, 1.165) is 5.69 Å². The van der Waals surface area contributed by atoms with Crippen LogP contribution in [0.3, 0.4) is 0 Å². The van der Waals surface area contributed by atoms with E-state index in [1.165, 1.54) is 12.8 Å². The summed E-state index contributed by atoms with van der Waals surface area (Å²) < 4.78 is 0. The van der Waals surface area contributed by atoms with Gasteiger partial charge in [0, 0.05) is 11.6 Å². The molecular formula is C12H14N2O. The van der Waals surface area contributed by atoms with Crippen LogP contribution in [0.15, 0.2) is 12.4 Å². The summed E-state index contributed by atoms with van der Waals surface area (Å²) in [5.41, 5.74) is 0.795. The summed E-state index contributed by atoms with van der Waals surface area (Å²) in [5, 5.41) is 9.45. The van der Waals surface area contributed by atoms with Gasteiger partial charge in [0.2, 0.25) is 0 Å².